The lowest BCUT2D eigenvalue weighted by Gasteiger charge is -2.32. The van der Waals surface area contributed by atoms with Crippen LogP contribution in [0.3, 0.4) is 0 Å². The maximum absolute atomic E-state index is 13.2. The molecule has 0 unspecified atom stereocenters. The van der Waals surface area contributed by atoms with Gasteiger partial charge in [-0.3, -0.25) is 0 Å². The normalized spacial score (nSPS) is 20.2. The summed E-state index contributed by atoms with van der Waals surface area (Å²) in [5.41, 5.74) is -1.36. The molecule has 1 aliphatic carbocycles. The highest BCUT2D eigenvalue weighted by Gasteiger charge is 2.52. The highest BCUT2D eigenvalue weighted by atomic mass is 19.4. The number of alkyl halides is 3. The number of halogens is 3. The fraction of sp³-hybridized carbons (Fsp3) is 0.682. The maximum Gasteiger partial charge on any atom is 0.573 e. The van der Waals surface area contributed by atoms with Gasteiger partial charge in [0.1, 0.15) is 11.4 Å². The number of amides is 1. The summed E-state index contributed by atoms with van der Waals surface area (Å²) in [6.45, 7) is 12.6. The molecule has 1 aromatic carbocycles. The Balaban J connectivity index is 1.89. The SMILES string of the molecule is CC(C)(C)OC(=O)N(Cc1ccc(B2OC(C)(C)C(C)(C)O2)cc1OC(F)(F)F)C1CC1. The first kappa shape index (κ1) is 24.7. The zero-order valence-corrected chi connectivity index (χ0v) is 19.6. The molecule has 1 aromatic rings. The molecule has 1 saturated carbocycles. The molecule has 32 heavy (non-hydrogen) atoms. The Bertz CT molecular complexity index is 846. The number of benzene rings is 1. The Morgan fingerprint density at radius 1 is 1.12 bits per heavy atom. The van der Waals surface area contributed by atoms with Crippen LogP contribution in [-0.4, -0.2) is 47.3 Å². The second-order valence-electron chi connectivity index (χ2n) is 10.3. The van der Waals surface area contributed by atoms with Crippen LogP contribution in [0.25, 0.3) is 0 Å². The lowest BCUT2D eigenvalue weighted by atomic mass is 9.78. The monoisotopic (exact) mass is 457 g/mol. The van der Waals surface area contributed by atoms with Crippen LogP contribution >= 0.6 is 0 Å². The number of carbonyl (C=O) groups excluding carboxylic acids is 1. The number of hydrogen-bond donors (Lipinski definition) is 0. The highest BCUT2D eigenvalue weighted by molar-refractivity contribution is 6.62. The first-order valence-electron chi connectivity index (χ1n) is 10.7. The summed E-state index contributed by atoms with van der Waals surface area (Å²) in [7, 11) is -0.838. The van der Waals surface area contributed by atoms with Crippen LogP contribution in [0.4, 0.5) is 18.0 Å². The van der Waals surface area contributed by atoms with Gasteiger partial charge < -0.3 is 23.7 Å². The van der Waals surface area contributed by atoms with Gasteiger partial charge in [-0.25, -0.2) is 4.79 Å². The smallest absolute Gasteiger partial charge is 0.444 e. The van der Waals surface area contributed by atoms with E-state index in [1.807, 2.05) is 27.7 Å². The van der Waals surface area contributed by atoms with Crippen molar-refractivity contribution in [1.29, 1.82) is 0 Å². The Hall–Kier alpha value is -1.94. The quantitative estimate of drug-likeness (QED) is 0.596. The third kappa shape index (κ3) is 5.89. The second kappa shape index (κ2) is 8.13. The van der Waals surface area contributed by atoms with Crippen molar-refractivity contribution in [3.8, 4) is 5.75 Å². The molecule has 0 atom stereocenters. The first-order chi connectivity index (χ1) is 14.5. The molecule has 0 N–H and O–H groups in total. The molecule has 0 aromatic heterocycles. The van der Waals surface area contributed by atoms with E-state index in [2.05, 4.69) is 4.74 Å². The van der Waals surface area contributed by atoms with E-state index in [0.717, 1.165) is 12.8 Å². The van der Waals surface area contributed by atoms with Gasteiger partial charge in [-0.15, -0.1) is 13.2 Å². The van der Waals surface area contributed by atoms with Crippen molar-refractivity contribution < 1.29 is 36.7 Å². The van der Waals surface area contributed by atoms with Gasteiger partial charge in [0.15, 0.2) is 0 Å². The van der Waals surface area contributed by atoms with Gasteiger partial charge in [0.05, 0.1) is 17.7 Å². The Kier molecular flexibility index (Phi) is 6.28. The van der Waals surface area contributed by atoms with Gasteiger partial charge >= 0.3 is 19.6 Å². The van der Waals surface area contributed by atoms with Crippen LogP contribution in [-0.2, 0) is 20.6 Å². The van der Waals surface area contributed by atoms with Crippen LogP contribution in [0, 0.1) is 0 Å². The fourth-order valence-corrected chi connectivity index (χ4v) is 3.28. The summed E-state index contributed by atoms with van der Waals surface area (Å²) in [5, 5.41) is 0. The lowest BCUT2D eigenvalue weighted by molar-refractivity contribution is -0.274. The van der Waals surface area contributed by atoms with Crippen molar-refractivity contribution in [1.82, 2.24) is 4.90 Å². The van der Waals surface area contributed by atoms with Crippen molar-refractivity contribution in [3.05, 3.63) is 23.8 Å². The molecule has 1 saturated heterocycles. The summed E-state index contributed by atoms with van der Waals surface area (Å²) in [6.07, 6.45) is -3.89. The molecule has 0 spiro atoms. The number of hydrogen-bond acceptors (Lipinski definition) is 5. The van der Waals surface area contributed by atoms with Crippen LogP contribution in [0.2, 0.25) is 0 Å². The van der Waals surface area contributed by atoms with Crippen LogP contribution in [0.15, 0.2) is 18.2 Å². The van der Waals surface area contributed by atoms with Gasteiger partial charge in [-0.2, -0.15) is 0 Å². The van der Waals surface area contributed by atoms with E-state index in [1.165, 1.54) is 17.0 Å². The molecule has 6 nitrogen and oxygen atoms in total. The second-order valence-corrected chi connectivity index (χ2v) is 10.3. The molecule has 2 fully saturated rings. The van der Waals surface area contributed by atoms with Crippen molar-refractivity contribution >= 4 is 18.7 Å². The van der Waals surface area contributed by atoms with E-state index in [4.69, 9.17) is 14.0 Å². The highest BCUT2D eigenvalue weighted by Crippen LogP contribution is 2.38. The molecule has 0 bridgehead atoms. The van der Waals surface area contributed by atoms with Crippen molar-refractivity contribution in [2.45, 2.75) is 97.1 Å². The van der Waals surface area contributed by atoms with Crippen molar-refractivity contribution in [2.24, 2.45) is 0 Å². The van der Waals surface area contributed by atoms with Gasteiger partial charge in [0, 0.05) is 11.6 Å². The van der Waals surface area contributed by atoms with Gasteiger partial charge in [0.25, 0.3) is 0 Å². The Morgan fingerprint density at radius 3 is 2.16 bits per heavy atom. The molecule has 1 heterocycles. The number of carbonyl (C=O) groups is 1. The van der Waals surface area contributed by atoms with E-state index in [0.29, 0.717) is 5.46 Å². The molecular weight excluding hydrogens is 426 g/mol. The summed E-state index contributed by atoms with van der Waals surface area (Å²) >= 11 is 0. The summed E-state index contributed by atoms with van der Waals surface area (Å²) in [5.74, 6) is -0.390. The maximum atomic E-state index is 13.2. The molecule has 10 heteroatoms. The molecule has 178 valence electrons. The molecule has 1 amide bonds. The van der Waals surface area contributed by atoms with E-state index in [9.17, 15) is 18.0 Å². The number of rotatable bonds is 5. The van der Waals surface area contributed by atoms with E-state index in [-0.39, 0.29) is 23.9 Å². The van der Waals surface area contributed by atoms with Gasteiger partial charge in [-0.05, 0) is 72.8 Å². The topological polar surface area (TPSA) is 57.2 Å². The van der Waals surface area contributed by atoms with Crippen molar-refractivity contribution in [2.75, 3.05) is 0 Å². The standard InChI is InChI=1S/C22H31BF3NO5/c1-19(2,3)30-18(28)27(16-10-11-16)13-14-8-9-15(12-17(14)29-22(24,25)26)23-31-20(4,5)21(6,7)32-23/h8-9,12,16H,10-11,13H2,1-7H3. The van der Waals surface area contributed by atoms with Crippen LogP contribution < -0.4 is 10.2 Å². The average molecular weight is 457 g/mol. The third-order valence-electron chi connectivity index (χ3n) is 5.80. The van der Waals surface area contributed by atoms with Gasteiger partial charge in [0.2, 0.25) is 0 Å². The van der Waals surface area contributed by atoms with Crippen LogP contribution in [0.1, 0.15) is 66.9 Å². The zero-order valence-electron chi connectivity index (χ0n) is 19.6. The van der Waals surface area contributed by atoms with Gasteiger partial charge in [-0.1, -0.05) is 12.1 Å². The molecule has 0 radical (unpaired) electrons. The molecule has 2 aliphatic rings. The minimum atomic E-state index is -4.89. The van der Waals surface area contributed by atoms with Crippen LogP contribution in [0.5, 0.6) is 5.75 Å². The first-order valence-corrected chi connectivity index (χ1v) is 10.7. The summed E-state index contributed by atoms with van der Waals surface area (Å²) < 4.78 is 61.2. The molecule has 3 rings (SSSR count). The molecular formula is C22H31BF3NO5. The third-order valence-corrected chi connectivity index (χ3v) is 5.80. The summed E-state index contributed by atoms with van der Waals surface area (Å²) in [6, 6.07) is 4.36. The predicted octanol–water partition coefficient (Wildman–Crippen LogP) is 4.78. The average Bonchev–Trinajstić information content (AvgIpc) is 3.37. The molecule has 1 aliphatic heterocycles. The van der Waals surface area contributed by atoms with E-state index in [1.54, 1.807) is 26.8 Å². The van der Waals surface area contributed by atoms with E-state index < -0.39 is 36.4 Å². The minimum Gasteiger partial charge on any atom is -0.444 e. The zero-order chi connectivity index (χ0) is 24.1. The summed E-state index contributed by atoms with van der Waals surface area (Å²) in [4.78, 5) is 14.1. The van der Waals surface area contributed by atoms with Crippen molar-refractivity contribution in [3.63, 3.8) is 0 Å². The number of nitrogens with zero attached hydrogens (tertiary/aromatic N) is 1. The Morgan fingerprint density at radius 2 is 1.69 bits per heavy atom. The van der Waals surface area contributed by atoms with E-state index >= 15 is 0 Å². The predicted molar refractivity (Wildman–Crippen MR) is 114 cm³/mol. The lowest BCUT2D eigenvalue weighted by Crippen LogP contribution is -2.41. The largest absolute Gasteiger partial charge is 0.573 e. The fourth-order valence-electron chi connectivity index (χ4n) is 3.28. The minimum absolute atomic E-state index is 0.0609. The Labute approximate surface area is 187 Å². The number of ether oxygens (including phenoxy) is 2.